The van der Waals surface area contributed by atoms with Crippen molar-refractivity contribution in [3.8, 4) is 0 Å². The Balaban J connectivity index is 1.34. The lowest BCUT2D eigenvalue weighted by Gasteiger charge is -2.23. The fourth-order valence-electron chi connectivity index (χ4n) is 5.81. The summed E-state index contributed by atoms with van der Waals surface area (Å²) in [6, 6.07) is 15.1. The zero-order valence-corrected chi connectivity index (χ0v) is 19.4. The number of aromatic carboxylic acids is 1. The molecule has 2 fully saturated rings. The second-order valence-electron chi connectivity index (χ2n) is 10.0. The number of carboxylic acid groups (broad SMARTS) is 1. The summed E-state index contributed by atoms with van der Waals surface area (Å²) in [5, 5.41) is 19.7. The van der Waals surface area contributed by atoms with Crippen LogP contribution in [0.1, 0.15) is 103 Å². The first-order chi connectivity index (χ1) is 16.0. The standard InChI is InChI=1S/C29H36O4/c30-26(18-9-20-4-2-1-3-5-20)22-13-15-24(16-14-22)28-23(17-19-27(28)31)10-6-21-7-11-25(12-8-21)29(32)33/h7-8,11-16,20,23,26,28,30H,1-6,9-10,17-19H2,(H,32,33). The lowest BCUT2D eigenvalue weighted by atomic mass is 9.83. The number of ketones is 1. The topological polar surface area (TPSA) is 74.6 Å². The molecule has 4 heteroatoms. The first kappa shape index (κ1) is 23.7. The Kier molecular flexibility index (Phi) is 7.97. The van der Waals surface area contributed by atoms with E-state index in [0.29, 0.717) is 23.7 Å². The summed E-state index contributed by atoms with van der Waals surface area (Å²) in [4.78, 5) is 23.7. The van der Waals surface area contributed by atoms with Crippen LogP contribution in [0.4, 0.5) is 0 Å². The first-order valence-electron chi connectivity index (χ1n) is 12.6. The van der Waals surface area contributed by atoms with Crippen molar-refractivity contribution in [1.82, 2.24) is 0 Å². The summed E-state index contributed by atoms with van der Waals surface area (Å²) in [5.74, 6) is 0.401. The van der Waals surface area contributed by atoms with Gasteiger partial charge in [0.2, 0.25) is 0 Å². The van der Waals surface area contributed by atoms with Crippen LogP contribution < -0.4 is 0 Å². The molecule has 2 N–H and O–H groups in total. The molecule has 3 atom stereocenters. The maximum Gasteiger partial charge on any atom is 0.335 e. The predicted molar refractivity (Wildman–Crippen MR) is 129 cm³/mol. The monoisotopic (exact) mass is 448 g/mol. The van der Waals surface area contributed by atoms with Crippen molar-refractivity contribution in [1.29, 1.82) is 0 Å². The molecule has 0 heterocycles. The molecule has 0 aliphatic heterocycles. The molecule has 0 aromatic heterocycles. The number of carbonyl (C=O) groups is 2. The largest absolute Gasteiger partial charge is 0.478 e. The third-order valence-corrected chi connectivity index (χ3v) is 7.84. The molecule has 2 saturated carbocycles. The van der Waals surface area contributed by atoms with Crippen LogP contribution >= 0.6 is 0 Å². The van der Waals surface area contributed by atoms with Gasteiger partial charge in [0.15, 0.2) is 0 Å². The van der Waals surface area contributed by atoms with Crippen LogP contribution in [-0.4, -0.2) is 22.0 Å². The smallest absolute Gasteiger partial charge is 0.335 e. The summed E-state index contributed by atoms with van der Waals surface area (Å²) in [7, 11) is 0. The molecule has 0 bridgehead atoms. The third-order valence-electron chi connectivity index (χ3n) is 7.84. The number of hydrogen-bond acceptors (Lipinski definition) is 3. The maximum absolute atomic E-state index is 12.7. The van der Waals surface area contributed by atoms with Gasteiger partial charge in [0.05, 0.1) is 11.7 Å². The van der Waals surface area contributed by atoms with Gasteiger partial charge in [-0.05, 0) is 72.8 Å². The Morgan fingerprint density at radius 2 is 1.61 bits per heavy atom. The molecule has 2 aliphatic carbocycles. The molecule has 4 rings (SSSR count). The van der Waals surface area contributed by atoms with Crippen molar-refractivity contribution in [2.75, 3.05) is 0 Å². The number of aliphatic hydroxyl groups excluding tert-OH is 1. The van der Waals surface area contributed by atoms with Crippen molar-refractivity contribution < 1.29 is 19.8 Å². The van der Waals surface area contributed by atoms with E-state index in [4.69, 9.17) is 5.11 Å². The summed E-state index contributed by atoms with van der Waals surface area (Å²) < 4.78 is 0. The van der Waals surface area contributed by atoms with Gasteiger partial charge in [0.25, 0.3) is 0 Å². The predicted octanol–water partition coefficient (Wildman–Crippen LogP) is 6.47. The highest BCUT2D eigenvalue weighted by atomic mass is 16.4. The van der Waals surface area contributed by atoms with E-state index in [9.17, 15) is 14.7 Å². The van der Waals surface area contributed by atoms with E-state index in [1.54, 1.807) is 12.1 Å². The fourth-order valence-corrected chi connectivity index (χ4v) is 5.81. The minimum atomic E-state index is -0.912. The number of benzene rings is 2. The summed E-state index contributed by atoms with van der Waals surface area (Å²) in [5.41, 5.74) is 3.42. The van der Waals surface area contributed by atoms with Crippen molar-refractivity contribution in [2.24, 2.45) is 11.8 Å². The van der Waals surface area contributed by atoms with Crippen LogP contribution in [0.3, 0.4) is 0 Å². The maximum atomic E-state index is 12.7. The van der Waals surface area contributed by atoms with E-state index < -0.39 is 12.1 Å². The van der Waals surface area contributed by atoms with Crippen LogP contribution in [0, 0.1) is 11.8 Å². The van der Waals surface area contributed by atoms with E-state index in [1.165, 1.54) is 32.1 Å². The van der Waals surface area contributed by atoms with E-state index in [-0.39, 0.29) is 5.92 Å². The van der Waals surface area contributed by atoms with Crippen molar-refractivity contribution in [3.63, 3.8) is 0 Å². The van der Waals surface area contributed by atoms with Gasteiger partial charge < -0.3 is 10.2 Å². The summed E-state index contributed by atoms with van der Waals surface area (Å²) in [6.07, 6.45) is 11.4. The Hall–Kier alpha value is -2.46. The summed E-state index contributed by atoms with van der Waals surface area (Å²) >= 11 is 0. The molecule has 0 radical (unpaired) electrons. The average molecular weight is 449 g/mol. The highest BCUT2D eigenvalue weighted by Crippen LogP contribution is 2.40. The second kappa shape index (κ2) is 11.1. The van der Waals surface area contributed by atoms with E-state index >= 15 is 0 Å². The molecule has 2 aromatic carbocycles. The highest BCUT2D eigenvalue weighted by molar-refractivity contribution is 5.88. The van der Waals surface area contributed by atoms with Crippen molar-refractivity contribution in [2.45, 2.75) is 82.7 Å². The van der Waals surface area contributed by atoms with Crippen LogP contribution in [0.5, 0.6) is 0 Å². The third kappa shape index (κ3) is 6.11. The fraction of sp³-hybridized carbons (Fsp3) is 0.517. The van der Waals surface area contributed by atoms with Gasteiger partial charge in [-0.1, -0.05) is 68.5 Å². The van der Waals surface area contributed by atoms with E-state index in [0.717, 1.165) is 54.7 Å². The minimum Gasteiger partial charge on any atom is -0.478 e. The van der Waals surface area contributed by atoms with Crippen molar-refractivity contribution in [3.05, 3.63) is 70.8 Å². The molecule has 0 saturated heterocycles. The number of carbonyl (C=O) groups excluding carboxylic acids is 1. The van der Waals surface area contributed by atoms with Crippen LogP contribution in [0.15, 0.2) is 48.5 Å². The first-order valence-corrected chi connectivity index (χ1v) is 12.6. The number of aliphatic hydroxyl groups is 1. The van der Waals surface area contributed by atoms with Gasteiger partial charge in [-0.25, -0.2) is 4.79 Å². The van der Waals surface area contributed by atoms with Gasteiger partial charge in [-0.2, -0.15) is 0 Å². The molecule has 176 valence electrons. The minimum absolute atomic E-state index is 0.0725. The Bertz CT molecular complexity index is 925. The number of hydrogen-bond donors (Lipinski definition) is 2. The Labute approximate surface area is 197 Å². The van der Waals surface area contributed by atoms with Crippen LogP contribution in [-0.2, 0) is 11.2 Å². The highest BCUT2D eigenvalue weighted by Gasteiger charge is 2.35. The van der Waals surface area contributed by atoms with Crippen LogP contribution in [0.25, 0.3) is 0 Å². The lowest BCUT2D eigenvalue weighted by molar-refractivity contribution is -0.119. The van der Waals surface area contributed by atoms with Gasteiger partial charge in [-0.15, -0.1) is 0 Å². The second-order valence-corrected chi connectivity index (χ2v) is 10.0. The quantitative estimate of drug-likeness (QED) is 0.461. The Morgan fingerprint density at radius 3 is 2.27 bits per heavy atom. The number of Topliss-reactive ketones (excluding diaryl/α,β-unsaturated/α-hetero) is 1. The molecule has 0 spiro atoms. The molecular weight excluding hydrogens is 412 g/mol. The number of rotatable bonds is 9. The van der Waals surface area contributed by atoms with Crippen LogP contribution in [0.2, 0.25) is 0 Å². The molecule has 2 aliphatic rings. The van der Waals surface area contributed by atoms with Gasteiger partial charge in [0.1, 0.15) is 5.78 Å². The molecule has 33 heavy (non-hydrogen) atoms. The van der Waals surface area contributed by atoms with Gasteiger partial charge in [-0.3, -0.25) is 4.79 Å². The lowest BCUT2D eigenvalue weighted by Crippen LogP contribution is -2.14. The molecule has 2 aromatic rings. The zero-order chi connectivity index (χ0) is 23.2. The number of carboxylic acids is 1. The van der Waals surface area contributed by atoms with E-state index in [1.807, 2.05) is 36.4 Å². The molecular formula is C29H36O4. The molecule has 3 unspecified atom stereocenters. The zero-order valence-electron chi connectivity index (χ0n) is 19.4. The SMILES string of the molecule is O=C(O)c1ccc(CCC2CCC(=O)C2c2ccc(C(O)CCC3CCCCC3)cc2)cc1. The number of aryl methyl sites for hydroxylation is 1. The Morgan fingerprint density at radius 1 is 0.909 bits per heavy atom. The molecule has 4 nitrogen and oxygen atoms in total. The molecule has 0 amide bonds. The van der Waals surface area contributed by atoms with Gasteiger partial charge >= 0.3 is 5.97 Å². The normalized spacial score (nSPS) is 22.4. The van der Waals surface area contributed by atoms with Gasteiger partial charge in [0, 0.05) is 12.3 Å². The average Bonchev–Trinajstić information content (AvgIpc) is 3.22. The van der Waals surface area contributed by atoms with Crippen molar-refractivity contribution >= 4 is 11.8 Å². The summed E-state index contributed by atoms with van der Waals surface area (Å²) in [6.45, 7) is 0. The van der Waals surface area contributed by atoms with E-state index in [2.05, 4.69) is 0 Å².